The van der Waals surface area contributed by atoms with Crippen LogP contribution in [0.15, 0.2) is 58.9 Å². The molecule has 1 aromatic heterocycles. The summed E-state index contributed by atoms with van der Waals surface area (Å²) in [5.74, 6) is -1.16. The summed E-state index contributed by atoms with van der Waals surface area (Å²) >= 11 is 1.50. The maximum Gasteiger partial charge on any atom is 0.239 e. The molecule has 0 aliphatic rings. The summed E-state index contributed by atoms with van der Waals surface area (Å²) in [7, 11) is -3.64. The molecule has 22 heavy (non-hydrogen) atoms. The SMILES string of the molecule is O=C(CS(=O)(=O)c1ccccc1)Nc1ccc2scnc2c1. The van der Waals surface area contributed by atoms with E-state index in [2.05, 4.69) is 10.3 Å². The molecule has 0 radical (unpaired) electrons. The highest BCUT2D eigenvalue weighted by atomic mass is 32.2. The molecule has 0 aliphatic carbocycles. The lowest BCUT2D eigenvalue weighted by atomic mass is 10.3. The predicted octanol–water partition coefficient (Wildman–Crippen LogP) is 2.71. The fraction of sp³-hybridized carbons (Fsp3) is 0.0667. The van der Waals surface area contributed by atoms with Crippen molar-refractivity contribution < 1.29 is 13.2 Å². The lowest BCUT2D eigenvalue weighted by molar-refractivity contribution is -0.113. The highest BCUT2D eigenvalue weighted by Crippen LogP contribution is 2.21. The molecule has 1 N–H and O–H groups in total. The molecule has 0 saturated heterocycles. The maximum atomic E-state index is 12.1. The van der Waals surface area contributed by atoms with Crippen LogP contribution in [-0.4, -0.2) is 25.1 Å². The van der Waals surface area contributed by atoms with Crippen LogP contribution in [0.3, 0.4) is 0 Å². The Morgan fingerprint density at radius 2 is 1.91 bits per heavy atom. The molecule has 112 valence electrons. The summed E-state index contributed by atoms with van der Waals surface area (Å²) in [5.41, 5.74) is 3.02. The van der Waals surface area contributed by atoms with E-state index < -0.39 is 21.5 Å². The first-order chi connectivity index (χ1) is 10.5. The van der Waals surface area contributed by atoms with Crippen molar-refractivity contribution >= 4 is 43.0 Å². The lowest BCUT2D eigenvalue weighted by Gasteiger charge is -2.06. The van der Waals surface area contributed by atoms with Crippen LogP contribution in [0, 0.1) is 0 Å². The van der Waals surface area contributed by atoms with E-state index in [-0.39, 0.29) is 4.90 Å². The molecular formula is C15H12N2O3S2. The smallest absolute Gasteiger partial charge is 0.239 e. The fourth-order valence-corrected chi connectivity index (χ4v) is 3.83. The minimum atomic E-state index is -3.64. The summed E-state index contributed by atoms with van der Waals surface area (Å²) in [4.78, 5) is 16.3. The van der Waals surface area contributed by atoms with E-state index >= 15 is 0 Å². The second kappa shape index (κ2) is 5.86. The van der Waals surface area contributed by atoms with Gasteiger partial charge in [0.1, 0.15) is 5.75 Å². The van der Waals surface area contributed by atoms with E-state index in [4.69, 9.17) is 0 Å². The summed E-state index contributed by atoms with van der Waals surface area (Å²) < 4.78 is 25.3. The average Bonchev–Trinajstić information content (AvgIpc) is 2.95. The highest BCUT2D eigenvalue weighted by molar-refractivity contribution is 7.92. The monoisotopic (exact) mass is 332 g/mol. The molecule has 0 fully saturated rings. The van der Waals surface area contributed by atoms with Crippen molar-refractivity contribution in [1.29, 1.82) is 0 Å². The van der Waals surface area contributed by atoms with Crippen LogP contribution in [0.25, 0.3) is 10.2 Å². The number of anilines is 1. The van der Waals surface area contributed by atoms with Crippen molar-refractivity contribution in [3.8, 4) is 0 Å². The van der Waals surface area contributed by atoms with Crippen molar-refractivity contribution in [2.75, 3.05) is 11.1 Å². The Balaban J connectivity index is 1.74. The fourth-order valence-electron chi connectivity index (χ4n) is 2.02. The first-order valence-electron chi connectivity index (χ1n) is 6.45. The Labute approximate surface area is 131 Å². The highest BCUT2D eigenvalue weighted by Gasteiger charge is 2.19. The molecule has 0 bridgehead atoms. The predicted molar refractivity (Wildman–Crippen MR) is 86.7 cm³/mol. The van der Waals surface area contributed by atoms with Crippen LogP contribution < -0.4 is 5.32 Å². The van der Waals surface area contributed by atoms with Gasteiger partial charge in [-0.3, -0.25) is 4.79 Å². The Hall–Kier alpha value is -2.25. The Bertz CT molecular complexity index is 918. The zero-order chi connectivity index (χ0) is 15.6. The van der Waals surface area contributed by atoms with Gasteiger partial charge in [0, 0.05) is 5.69 Å². The van der Waals surface area contributed by atoms with Crippen molar-refractivity contribution in [3.05, 3.63) is 54.0 Å². The van der Waals surface area contributed by atoms with E-state index in [0.717, 1.165) is 10.2 Å². The standard InChI is InChI=1S/C15H12N2O3S2/c18-15(9-22(19,20)12-4-2-1-3-5-12)17-11-6-7-14-13(8-11)16-10-21-14/h1-8,10H,9H2,(H,17,18). The average molecular weight is 332 g/mol. The zero-order valence-corrected chi connectivity index (χ0v) is 13.0. The van der Waals surface area contributed by atoms with Crippen molar-refractivity contribution in [1.82, 2.24) is 4.98 Å². The minimum absolute atomic E-state index is 0.139. The number of hydrogen-bond acceptors (Lipinski definition) is 5. The third-order valence-electron chi connectivity index (χ3n) is 3.04. The Morgan fingerprint density at radius 1 is 1.14 bits per heavy atom. The normalized spacial score (nSPS) is 11.5. The number of carbonyl (C=O) groups excluding carboxylic acids is 1. The Morgan fingerprint density at radius 3 is 2.68 bits per heavy atom. The van der Waals surface area contributed by atoms with Crippen LogP contribution in [-0.2, 0) is 14.6 Å². The van der Waals surface area contributed by atoms with E-state index in [1.54, 1.807) is 35.8 Å². The van der Waals surface area contributed by atoms with E-state index in [1.165, 1.54) is 23.5 Å². The van der Waals surface area contributed by atoms with Gasteiger partial charge in [-0.1, -0.05) is 18.2 Å². The van der Waals surface area contributed by atoms with Gasteiger partial charge in [0.15, 0.2) is 9.84 Å². The van der Waals surface area contributed by atoms with Gasteiger partial charge in [0.2, 0.25) is 5.91 Å². The van der Waals surface area contributed by atoms with Crippen LogP contribution in [0.1, 0.15) is 0 Å². The van der Waals surface area contributed by atoms with Crippen LogP contribution in [0.5, 0.6) is 0 Å². The molecule has 1 heterocycles. The summed E-state index contributed by atoms with van der Waals surface area (Å²) in [6.07, 6.45) is 0. The van der Waals surface area contributed by atoms with E-state index in [0.29, 0.717) is 5.69 Å². The van der Waals surface area contributed by atoms with Crippen LogP contribution in [0.2, 0.25) is 0 Å². The van der Waals surface area contributed by atoms with Gasteiger partial charge < -0.3 is 5.32 Å². The quantitative estimate of drug-likeness (QED) is 0.797. The van der Waals surface area contributed by atoms with Crippen LogP contribution in [0.4, 0.5) is 5.69 Å². The third kappa shape index (κ3) is 3.15. The molecule has 5 nitrogen and oxygen atoms in total. The van der Waals surface area contributed by atoms with Gasteiger partial charge in [0.05, 0.1) is 20.6 Å². The largest absolute Gasteiger partial charge is 0.325 e. The molecule has 0 saturated carbocycles. The Kier molecular flexibility index (Phi) is 3.91. The molecule has 3 rings (SSSR count). The number of nitrogens with zero attached hydrogens (tertiary/aromatic N) is 1. The molecule has 1 amide bonds. The zero-order valence-electron chi connectivity index (χ0n) is 11.4. The summed E-state index contributed by atoms with van der Waals surface area (Å²) in [6, 6.07) is 13.2. The molecule has 7 heteroatoms. The minimum Gasteiger partial charge on any atom is -0.325 e. The third-order valence-corrected chi connectivity index (χ3v) is 5.48. The van der Waals surface area contributed by atoms with Crippen LogP contribution >= 0.6 is 11.3 Å². The molecular weight excluding hydrogens is 320 g/mol. The first-order valence-corrected chi connectivity index (χ1v) is 8.99. The second-order valence-corrected chi connectivity index (χ2v) is 7.53. The first kappa shape index (κ1) is 14.7. The van der Waals surface area contributed by atoms with Gasteiger partial charge in [-0.15, -0.1) is 11.3 Å². The number of fused-ring (bicyclic) bond motifs is 1. The number of amides is 1. The molecule has 0 unspecified atom stereocenters. The van der Waals surface area contributed by atoms with Gasteiger partial charge in [-0.2, -0.15) is 0 Å². The summed E-state index contributed by atoms with van der Waals surface area (Å²) in [6.45, 7) is 0. The van der Waals surface area contributed by atoms with Crippen molar-refractivity contribution in [2.45, 2.75) is 4.90 Å². The molecule has 2 aromatic carbocycles. The molecule has 0 spiro atoms. The topological polar surface area (TPSA) is 76.1 Å². The van der Waals surface area contributed by atoms with Gasteiger partial charge >= 0.3 is 0 Å². The van der Waals surface area contributed by atoms with Crippen molar-refractivity contribution in [2.24, 2.45) is 0 Å². The number of rotatable bonds is 4. The molecule has 0 aliphatic heterocycles. The van der Waals surface area contributed by atoms with Gasteiger partial charge in [-0.25, -0.2) is 13.4 Å². The van der Waals surface area contributed by atoms with E-state index in [9.17, 15) is 13.2 Å². The number of thiazole rings is 1. The lowest BCUT2D eigenvalue weighted by Crippen LogP contribution is -2.22. The molecule has 0 atom stereocenters. The maximum absolute atomic E-state index is 12.1. The van der Waals surface area contributed by atoms with E-state index in [1.807, 2.05) is 6.07 Å². The number of carbonyl (C=O) groups is 1. The number of benzene rings is 2. The van der Waals surface area contributed by atoms with Gasteiger partial charge in [0.25, 0.3) is 0 Å². The van der Waals surface area contributed by atoms with Crippen molar-refractivity contribution in [3.63, 3.8) is 0 Å². The number of nitrogens with one attached hydrogen (secondary N) is 1. The molecule has 3 aromatic rings. The number of sulfone groups is 1. The van der Waals surface area contributed by atoms with Gasteiger partial charge in [-0.05, 0) is 30.3 Å². The second-order valence-electron chi connectivity index (χ2n) is 4.66. The number of hydrogen-bond donors (Lipinski definition) is 1. The summed E-state index contributed by atoms with van der Waals surface area (Å²) in [5, 5.41) is 2.60. The number of aromatic nitrogens is 1.